The Labute approximate surface area is 103 Å². The molecule has 0 N–H and O–H groups in total. The predicted molar refractivity (Wildman–Crippen MR) is 62.2 cm³/mol. The first kappa shape index (κ1) is 9.70. The van der Waals surface area contributed by atoms with Gasteiger partial charge in [0, 0.05) is 10.1 Å². The SMILES string of the molecule is c1ccc2c(c1)C(=C1OOOO1)c1ccccc1-2. The van der Waals surface area contributed by atoms with Crippen LogP contribution in [0, 0.1) is 0 Å². The van der Waals surface area contributed by atoms with Gasteiger partial charge in [-0.15, -0.1) is 0 Å². The van der Waals surface area contributed by atoms with Crippen molar-refractivity contribution in [3.8, 4) is 11.1 Å². The summed E-state index contributed by atoms with van der Waals surface area (Å²) in [6.07, 6.45) is 0. The van der Waals surface area contributed by atoms with E-state index in [0.717, 1.165) is 27.8 Å². The van der Waals surface area contributed by atoms with E-state index in [4.69, 9.17) is 9.78 Å². The smallest absolute Gasteiger partial charge is 0.261 e. The van der Waals surface area contributed by atoms with Gasteiger partial charge in [0.25, 0.3) is 0 Å². The second-order valence-electron chi connectivity index (χ2n) is 4.06. The Morgan fingerprint density at radius 3 is 1.50 bits per heavy atom. The van der Waals surface area contributed by atoms with Crippen LogP contribution in [-0.2, 0) is 19.9 Å². The van der Waals surface area contributed by atoms with Crippen molar-refractivity contribution in [2.45, 2.75) is 0 Å². The van der Waals surface area contributed by atoms with E-state index in [2.05, 4.69) is 22.2 Å². The third-order valence-corrected chi connectivity index (χ3v) is 3.13. The molecule has 0 aromatic heterocycles. The van der Waals surface area contributed by atoms with Crippen LogP contribution in [0.2, 0.25) is 0 Å². The van der Waals surface area contributed by atoms with E-state index in [1.165, 1.54) is 0 Å². The zero-order chi connectivity index (χ0) is 11.9. The number of hydrogen-bond acceptors (Lipinski definition) is 4. The minimum atomic E-state index is 0.229. The molecule has 0 atom stereocenters. The third kappa shape index (κ3) is 1.21. The Bertz CT molecular complexity index is 605. The summed E-state index contributed by atoms with van der Waals surface area (Å²) in [6.45, 7) is 0. The molecule has 2 aromatic carbocycles. The van der Waals surface area contributed by atoms with E-state index < -0.39 is 0 Å². The van der Waals surface area contributed by atoms with Crippen LogP contribution in [0.25, 0.3) is 16.7 Å². The maximum absolute atomic E-state index is 4.89. The highest BCUT2D eigenvalue weighted by atomic mass is 17.7. The van der Waals surface area contributed by atoms with Crippen LogP contribution in [0.4, 0.5) is 0 Å². The molecule has 2 aromatic rings. The highest BCUT2D eigenvalue weighted by molar-refractivity contribution is 6.01. The summed E-state index contributed by atoms with van der Waals surface area (Å²) in [4.78, 5) is 9.77. The molecule has 1 fully saturated rings. The topological polar surface area (TPSA) is 36.9 Å². The maximum Gasteiger partial charge on any atom is 0.367 e. The molecule has 1 aliphatic carbocycles. The summed E-state index contributed by atoms with van der Waals surface area (Å²) in [7, 11) is 0. The van der Waals surface area contributed by atoms with Crippen molar-refractivity contribution in [1.82, 2.24) is 0 Å². The zero-order valence-corrected chi connectivity index (χ0v) is 9.25. The first-order chi connectivity index (χ1) is 8.95. The summed E-state index contributed by atoms with van der Waals surface area (Å²) in [5.74, 6) is 0.229. The molecule has 4 rings (SSSR count). The van der Waals surface area contributed by atoms with Gasteiger partial charge >= 0.3 is 5.95 Å². The normalized spacial score (nSPS) is 16.0. The second-order valence-corrected chi connectivity index (χ2v) is 4.06. The van der Waals surface area contributed by atoms with Crippen molar-refractivity contribution >= 4 is 5.57 Å². The van der Waals surface area contributed by atoms with Crippen molar-refractivity contribution < 1.29 is 19.9 Å². The van der Waals surface area contributed by atoms with Gasteiger partial charge in [0.1, 0.15) is 0 Å². The van der Waals surface area contributed by atoms with Crippen LogP contribution >= 0.6 is 0 Å². The average molecular weight is 240 g/mol. The Hall–Kier alpha value is -2.30. The number of fused-ring (bicyclic) bond motifs is 3. The van der Waals surface area contributed by atoms with E-state index >= 15 is 0 Å². The van der Waals surface area contributed by atoms with Gasteiger partial charge in [-0.05, 0) is 22.3 Å². The van der Waals surface area contributed by atoms with Crippen molar-refractivity contribution in [2.24, 2.45) is 0 Å². The largest absolute Gasteiger partial charge is 0.367 e. The van der Waals surface area contributed by atoms with Gasteiger partial charge in [0.15, 0.2) is 0 Å². The number of rotatable bonds is 0. The molecule has 0 saturated carbocycles. The van der Waals surface area contributed by atoms with Crippen LogP contribution in [0.3, 0.4) is 0 Å². The average Bonchev–Trinajstić information content (AvgIpc) is 3.03. The minimum Gasteiger partial charge on any atom is -0.261 e. The fourth-order valence-electron chi connectivity index (χ4n) is 2.42. The standard InChI is InChI=1S/C14H8O4/c1-3-7-11-9(5-1)10-6-2-4-8-12(10)13(11)14-15-17-18-16-14/h1-8H. The Balaban J connectivity index is 2.07. The van der Waals surface area contributed by atoms with E-state index in [0.29, 0.717) is 0 Å². The monoisotopic (exact) mass is 240 g/mol. The minimum absolute atomic E-state index is 0.229. The van der Waals surface area contributed by atoms with Gasteiger partial charge in [-0.25, -0.2) is 0 Å². The molecule has 0 bridgehead atoms. The first-order valence-electron chi connectivity index (χ1n) is 5.56. The lowest BCUT2D eigenvalue weighted by atomic mass is 10.1. The molecule has 18 heavy (non-hydrogen) atoms. The molecule has 1 heterocycles. The molecule has 4 heteroatoms. The number of hydrogen-bond donors (Lipinski definition) is 0. The molecule has 0 radical (unpaired) electrons. The second kappa shape index (κ2) is 3.60. The molecular formula is C14H8O4. The molecule has 4 nitrogen and oxygen atoms in total. The molecule has 2 aliphatic rings. The van der Waals surface area contributed by atoms with Crippen LogP contribution < -0.4 is 0 Å². The summed E-state index contributed by atoms with van der Waals surface area (Å²) >= 11 is 0. The third-order valence-electron chi connectivity index (χ3n) is 3.13. The van der Waals surface area contributed by atoms with Crippen LogP contribution in [-0.4, -0.2) is 0 Å². The fourth-order valence-corrected chi connectivity index (χ4v) is 2.42. The van der Waals surface area contributed by atoms with Gasteiger partial charge in [0.2, 0.25) is 0 Å². The lowest BCUT2D eigenvalue weighted by molar-refractivity contribution is -0.532. The number of benzene rings is 2. The quantitative estimate of drug-likeness (QED) is 0.565. The summed E-state index contributed by atoms with van der Waals surface area (Å²) in [5.41, 5.74) is 5.23. The van der Waals surface area contributed by atoms with Crippen LogP contribution in [0.15, 0.2) is 54.5 Å². The lowest BCUT2D eigenvalue weighted by Gasteiger charge is -2.01. The molecule has 0 unspecified atom stereocenters. The predicted octanol–water partition coefficient (Wildman–Crippen LogP) is 3.21. The molecule has 1 saturated heterocycles. The van der Waals surface area contributed by atoms with Crippen molar-refractivity contribution in [3.63, 3.8) is 0 Å². The van der Waals surface area contributed by atoms with Gasteiger partial charge in [-0.1, -0.05) is 48.5 Å². The zero-order valence-electron chi connectivity index (χ0n) is 9.25. The molecule has 88 valence electrons. The highest BCUT2D eigenvalue weighted by Crippen LogP contribution is 2.46. The first-order valence-corrected chi connectivity index (χ1v) is 5.56. The van der Waals surface area contributed by atoms with Gasteiger partial charge in [-0.3, -0.25) is 9.78 Å². The van der Waals surface area contributed by atoms with Crippen LogP contribution in [0.5, 0.6) is 0 Å². The summed E-state index contributed by atoms with van der Waals surface area (Å²) < 4.78 is 0. The van der Waals surface area contributed by atoms with E-state index in [1.807, 2.05) is 36.4 Å². The lowest BCUT2D eigenvalue weighted by Crippen LogP contribution is -1.90. The van der Waals surface area contributed by atoms with E-state index in [9.17, 15) is 0 Å². The maximum atomic E-state index is 4.89. The van der Waals surface area contributed by atoms with E-state index in [1.54, 1.807) is 0 Å². The molecule has 0 spiro atoms. The van der Waals surface area contributed by atoms with Crippen molar-refractivity contribution in [3.05, 3.63) is 65.6 Å². The highest BCUT2D eigenvalue weighted by Gasteiger charge is 2.31. The van der Waals surface area contributed by atoms with E-state index in [-0.39, 0.29) is 5.95 Å². The summed E-state index contributed by atoms with van der Waals surface area (Å²) in [5, 5.41) is 8.64. The van der Waals surface area contributed by atoms with Crippen molar-refractivity contribution in [2.75, 3.05) is 0 Å². The molecule has 0 amide bonds. The Morgan fingerprint density at radius 2 is 1.00 bits per heavy atom. The Kier molecular flexibility index (Phi) is 1.94. The van der Waals surface area contributed by atoms with Crippen LogP contribution in [0.1, 0.15) is 11.1 Å². The molecule has 1 aliphatic heterocycles. The van der Waals surface area contributed by atoms with Crippen molar-refractivity contribution in [1.29, 1.82) is 0 Å². The van der Waals surface area contributed by atoms with Gasteiger partial charge in [-0.2, -0.15) is 0 Å². The summed E-state index contributed by atoms with van der Waals surface area (Å²) in [6, 6.07) is 16.1. The Morgan fingerprint density at radius 1 is 0.556 bits per heavy atom. The molecular weight excluding hydrogens is 232 g/mol. The van der Waals surface area contributed by atoms with Gasteiger partial charge < -0.3 is 0 Å². The van der Waals surface area contributed by atoms with Gasteiger partial charge in [0.05, 0.1) is 5.57 Å². The fraction of sp³-hybridized carbons (Fsp3) is 0.